The molecule has 3 rings (SSSR count). The van der Waals surface area contributed by atoms with E-state index in [9.17, 15) is 8.42 Å². The molecule has 1 aliphatic heterocycles. The number of nitrogens with zero attached hydrogens (tertiary/aromatic N) is 2. The molecule has 0 bridgehead atoms. The van der Waals surface area contributed by atoms with Crippen LogP contribution in [0.15, 0.2) is 53.4 Å². The van der Waals surface area contributed by atoms with Gasteiger partial charge < -0.3 is 0 Å². The first kappa shape index (κ1) is 18.4. The van der Waals surface area contributed by atoms with Crippen LogP contribution >= 0.6 is 11.6 Å². The summed E-state index contributed by atoms with van der Waals surface area (Å²) in [5.74, 6) is 0. The van der Waals surface area contributed by atoms with Crippen LogP contribution in [-0.2, 0) is 10.0 Å². The number of aryl methyl sites for hydroxylation is 1. The molecule has 1 unspecified atom stereocenters. The maximum absolute atomic E-state index is 12.9. The lowest BCUT2D eigenvalue weighted by Crippen LogP contribution is -2.49. The predicted molar refractivity (Wildman–Crippen MR) is 101 cm³/mol. The minimum Gasteiger partial charge on any atom is -0.294 e. The summed E-state index contributed by atoms with van der Waals surface area (Å²) in [7, 11) is -3.47. The van der Waals surface area contributed by atoms with Gasteiger partial charge in [-0.1, -0.05) is 41.9 Å². The topological polar surface area (TPSA) is 40.6 Å². The zero-order valence-electron chi connectivity index (χ0n) is 14.5. The Kier molecular flexibility index (Phi) is 5.49. The molecule has 0 aromatic heterocycles. The first-order chi connectivity index (χ1) is 11.9. The zero-order valence-corrected chi connectivity index (χ0v) is 16.1. The molecular formula is C19H23ClN2O2S. The van der Waals surface area contributed by atoms with E-state index < -0.39 is 10.0 Å². The highest BCUT2D eigenvalue weighted by molar-refractivity contribution is 7.89. The van der Waals surface area contributed by atoms with Crippen LogP contribution < -0.4 is 0 Å². The van der Waals surface area contributed by atoms with E-state index in [4.69, 9.17) is 11.6 Å². The van der Waals surface area contributed by atoms with Crippen molar-refractivity contribution in [3.8, 4) is 0 Å². The van der Waals surface area contributed by atoms with Gasteiger partial charge >= 0.3 is 0 Å². The Morgan fingerprint density at radius 3 is 2.24 bits per heavy atom. The standard InChI is InChI=1S/C19H23ClN2O2S/c1-15-14-18(8-9-19(15)20)25(23,24)22-12-10-21(11-13-22)16(2)17-6-4-3-5-7-17/h3-9,14,16H,10-13H2,1-2H3. The Morgan fingerprint density at radius 1 is 1.00 bits per heavy atom. The predicted octanol–water partition coefficient (Wildman–Crippen LogP) is 3.72. The van der Waals surface area contributed by atoms with Crippen LogP contribution in [0.3, 0.4) is 0 Å². The Labute approximate surface area is 155 Å². The second kappa shape index (κ2) is 7.46. The Bertz CT molecular complexity index is 832. The van der Waals surface area contributed by atoms with Crippen LogP contribution in [0.4, 0.5) is 0 Å². The van der Waals surface area contributed by atoms with Gasteiger partial charge in [0.05, 0.1) is 4.90 Å². The third kappa shape index (κ3) is 3.90. The second-order valence-electron chi connectivity index (χ2n) is 6.44. The maximum atomic E-state index is 12.9. The van der Waals surface area contributed by atoms with E-state index in [1.807, 2.05) is 25.1 Å². The summed E-state index contributed by atoms with van der Waals surface area (Å²) < 4.78 is 27.3. The summed E-state index contributed by atoms with van der Waals surface area (Å²) >= 11 is 6.01. The molecule has 0 saturated carbocycles. The fourth-order valence-corrected chi connectivity index (χ4v) is 4.83. The number of hydrogen-bond acceptors (Lipinski definition) is 3. The Hall–Kier alpha value is -1.40. The van der Waals surface area contributed by atoms with Crippen molar-refractivity contribution >= 4 is 21.6 Å². The lowest BCUT2D eigenvalue weighted by molar-refractivity contribution is 0.146. The molecule has 25 heavy (non-hydrogen) atoms. The van der Waals surface area contributed by atoms with Gasteiger partial charge in [0, 0.05) is 37.2 Å². The van der Waals surface area contributed by atoms with Crippen molar-refractivity contribution in [2.45, 2.75) is 24.8 Å². The minimum absolute atomic E-state index is 0.281. The van der Waals surface area contributed by atoms with E-state index in [0.29, 0.717) is 23.0 Å². The smallest absolute Gasteiger partial charge is 0.243 e. The lowest BCUT2D eigenvalue weighted by Gasteiger charge is -2.37. The SMILES string of the molecule is Cc1cc(S(=O)(=O)N2CCN(C(C)c3ccccc3)CC2)ccc1Cl. The van der Waals surface area contributed by atoms with Crippen molar-refractivity contribution in [3.05, 3.63) is 64.7 Å². The van der Waals surface area contributed by atoms with Gasteiger partial charge in [-0.2, -0.15) is 4.31 Å². The third-order valence-electron chi connectivity index (χ3n) is 4.87. The molecule has 0 aliphatic carbocycles. The monoisotopic (exact) mass is 378 g/mol. The molecule has 1 saturated heterocycles. The van der Waals surface area contributed by atoms with Gasteiger partial charge in [0.1, 0.15) is 0 Å². The number of sulfonamides is 1. The average molecular weight is 379 g/mol. The van der Waals surface area contributed by atoms with Gasteiger partial charge in [-0.15, -0.1) is 0 Å². The van der Waals surface area contributed by atoms with E-state index in [1.165, 1.54) is 5.56 Å². The molecule has 1 heterocycles. The fourth-order valence-electron chi connectivity index (χ4n) is 3.20. The van der Waals surface area contributed by atoms with Crippen LogP contribution in [0, 0.1) is 6.92 Å². The highest BCUT2D eigenvalue weighted by Crippen LogP contribution is 2.25. The molecule has 0 spiro atoms. The van der Waals surface area contributed by atoms with Crippen molar-refractivity contribution in [2.75, 3.05) is 26.2 Å². The van der Waals surface area contributed by atoms with Crippen molar-refractivity contribution in [1.29, 1.82) is 0 Å². The van der Waals surface area contributed by atoms with Gasteiger partial charge in [0.15, 0.2) is 0 Å². The molecule has 2 aromatic rings. The Balaban J connectivity index is 1.70. The molecule has 0 radical (unpaired) electrons. The largest absolute Gasteiger partial charge is 0.294 e. The van der Waals surface area contributed by atoms with Crippen LogP contribution in [0.25, 0.3) is 0 Å². The first-order valence-electron chi connectivity index (χ1n) is 8.45. The number of rotatable bonds is 4. The van der Waals surface area contributed by atoms with Gasteiger partial charge in [0.2, 0.25) is 10.0 Å². The lowest BCUT2D eigenvalue weighted by atomic mass is 10.1. The van der Waals surface area contributed by atoms with E-state index in [-0.39, 0.29) is 6.04 Å². The van der Waals surface area contributed by atoms with Crippen LogP contribution in [0.5, 0.6) is 0 Å². The number of halogens is 1. The van der Waals surface area contributed by atoms with Crippen molar-refractivity contribution < 1.29 is 8.42 Å². The first-order valence-corrected chi connectivity index (χ1v) is 10.3. The van der Waals surface area contributed by atoms with E-state index in [0.717, 1.165) is 18.7 Å². The summed E-state index contributed by atoms with van der Waals surface area (Å²) in [4.78, 5) is 2.65. The summed E-state index contributed by atoms with van der Waals surface area (Å²) in [6.45, 7) is 6.44. The summed E-state index contributed by atoms with van der Waals surface area (Å²) in [6, 6.07) is 15.5. The average Bonchev–Trinajstić information content (AvgIpc) is 2.64. The fraction of sp³-hybridized carbons (Fsp3) is 0.368. The quantitative estimate of drug-likeness (QED) is 0.814. The normalized spacial score (nSPS) is 18.2. The van der Waals surface area contributed by atoms with E-state index in [1.54, 1.807) is 22.5 Å². The molecule has 2 aromatic carbocycles. The number of benzene rings is 2. The van der Waals surface area contributed by atoms with Crippen LogP contribution in [0.2, 0.25) is 5.02 Å². The van der Waals surface area contributed by atoms with Gasteiger partial charge in [-0.25, -0.2) is 8.42 Å². The third-order valence-corrected chi connectivity index (χ3v) is 7.19. The Morgan fingerprint density at radius 2 is 1.64 bits per heavy atom. The highest BCUT2D eigenvalue weighted by Gasteiger charge is 2.30. The second-order valence-corrected chi connectivity index (χ2v) is 8.78. The summed E-state index contributed by atoms with van der Waals surface area (Å²) in [5.41, 5.74) is 2.03. The van der Waals surface area contributed by atoms with Gasteiger partial charge in [0.25, 0.3) is 0 Å². The van der Waals surface area contributed by atoms with E-state index >= 15 is 0 Å². The van der Waals surface area contributed by atoms with Gasteiger partial charge in [-0.3, -0.25) is 4.90 Å². The van der Waals surface area contributed by atoms with Crippen LogP contribution in [-0.4, -0.2) is 43.8 Å². The molecule has 134 valence electrons. The number of piperazine rings is 1. The molecule has 0 N–H and O–H groups in total. The maximum Gasteiger partial charge on any atom is 0.243 e. The minimum atomic E-state index is -3.47. The summed E-state index contributed by atoms with van der Waals surface area (Å²) in [6.07, 6.45) is 0. The molecule has 0 amide bonds. The van der Waals surface area contributed by atoms with Gasteiger partial charge in [-0.05, 0) is 43.2 Å². The summed E-state index contributed by atoms with van der Waals surface area (Å²) in [5, 5.41) is 0.584. The highest BCUT2D eigenvalue weighted by atomic mass is 35.5. The number of hydrogen-bond donors (Lipinski definition) is 0. The zero-order chi connectivity index (χ0) is 18.0. The molecular weight excluding hydrogens is 356 g/mol. The van der Waals surface area contributed by atoms with E-state index in [2.05, 4.69) is 24.0 Å². The van der Waals surface area contributed by atoms with Crippen LogP contribution in [0.1, 0.15) is 24.1 Å². The molecule has 1 fully saturated rings. The molecule has 4 nitrogen and oxygen atoms in total. The molecule has 6 heteroatoms. The molecule has 1 atom stereocenters. The van der Waals surface area contributed by atoms with Crippen molar-refractivity contribution in [1.82, 2.24) is 9.21 Å². The van der Waals surface area contributed by atoms with Crippen molar-refractivity contribution in [2.24, 2.45) is 0 Å². The van der Waals surface area contributed by atoms with Crippen molar-refractivity contribution in [3.63, 3.8) is 0 Å². The molecule has 1 aliphatic rings.